The van der Waals surface area contributed by atoms with E-state index in [9.17, 15) is 0 Å². The minimum absolute atomic E-state index is 0.897. The van der Waals surface area contributed by atoms with Crippen molar-refractivity contribution >= 4 is 22.6 Å². The topological polar surface area (TPSA) is 41.1 Å². The summed E-state index contributed by atoms with van der Waals surface area (Å²) in [5.74, 6) is 0.897. The Morgan fingerprint density at radius 3 is 2.69 bits per heavy atom. The monoisotopic (exact) mass is 198 g/mol. The summed E-state index contributed by atoms with van der Waals surface area (Å²) < 4.78 is 4.30. The molecule has 1 N–H and O–H groups in total. The van der Waals surface area contributed by atoms with Crippen LogP contribution in [-0.4, -0.2) is 29.5 Å². The summed E-state index contributed by atoms with van der Waals surface area (Å²) in [6.45, 7) is 2.22. The van der Waals surface area contributed by atoms with Crippen LogP contribution >= 0.6 is 11.5 Å². The molecule has 13 heavy (non-hydrogen) atoms. The average Bonchev–Trinajstić information content (AvgIpc) is 2.67. The first-order valence-corrected chi connectivity index (χ1v) is 5.44. The lowest BCUT2D eigenvalue weighted by Gasteiger charge is -2.24. The van der Waals surface area contributed by atoms with Crippen LogP contribution in [0.1, 0.15) is 19.3 Å². The molecule has 4 nitrogen and oxygen atoms in total. The fourth-order valence-corrected chi connectivity index (χ4v) is 2.08. The second kappa shape index (κ2) is 3.91. The molecule has 0 saturated carbocycles. The largest absolute Gasteiger partial charge is 0.363 e. The molecule has 72 valence electrons. The van der Waals surface area contributed by atoms with Gasteiger partial charge in [0.1, 0.15) is 0 Å². The van der Waals surface area contributed by atoms with Crippen molar-refractivity contribution in [1.29, 1.82) is 0 Å². The van der Waals surface area contributed by atoms with E-state index in [1.807, 2.05) is 7.05 Å². The third kappa shape index (κ3) is 1.91. The van der Waals surface area contributed by atoms with Crippen LogP contribution in [0.3, 0.4) is 0 Å². The van der Waals surface area contributed by atoms with Crippen molar-refractivity contribution in [3.63, 3.8) is 0 Å². The van der Waals surface area contributed by atoms with Gasteiger partial charge in [-0.15, -0.1) is 0 Å². The molecule has 2 rings (SSSR count). The maximum atomic E-state index is 4.37. The number of anilines is 2. The van der Waals surface area contributed by atoms with E-state index in [4.69, 9.17) is 0 Å². The van der Waals surface area contributed by atoms with Crippen molar-refractivity contribution in [2.45, 2.75) is 19.3 Å². The van der Waals surface area contributed by atoms with Crippen LogP contribution in [-0.2, 0) is 0 Å². The first kappa shape index (κ1) is 8.74. The molecule has 0 radical (unpaired) electrons. The number of hydrogen-bond donors (Lipinski definition) is 1. The van der Waals surface area contributed by atoms with Gasteiger partial charge in [-0.05, 0) is 19.3 Å². The standard InChI is InChI=1S/C8H14N4S/c1-9-8-10-7(11-13-8)12-5-3-2-4-6-12/h2-6H2,1H3,(H,9,10,11). The molecule has 0 amide bonds. The molecular formula is C8H14N4S. The fraction of sp³-hybridized carbons (Fsp3) is 0.750. The smallest absolute Gasteiger partial charge is 0.239 e. The Kier molecular flexibility index (Phi) is 2.63. The highest BCUT2D eigenvalue weighted by Crippen LogP contribution is 2.20. The van der Waals surface area contributed by atoms with Crippen LogP contribution in [0.25, 0.3) is 0 Å². The van der Waals surface area contributed by atoms with E-state index in [0.29, 0.717) is 0 Å². The van der Waals surface area contributed by atoms with Crippen molar-refractivity contribution in [3.8, 4) is 0 Å². The second-order valence-electron chi connectivity index (χ2n) is 3.20. The van der Waals surface area contributed by atoms with E-state index < -0.39 is 0 Å². The van der Waals surface area contributed by atoms with Crippen LogP contribution < -0.4 is 10.2 Å². The number of rotatable bonds is 2. The molecule has 1 aliphatic rings. The number of aromatic nitrogens is 2. The molecule has 1 fully saturated rings. The Morgan fingerprint density at radius 1 is 1.31 bits per heavy atom. The third-order valence-electron chi connectivity index (χ3n) is 2.27. The van der Waals surface area contributed by atoms with Crippen molar-refractivity contribution in [3.05, 3.63) is 0 Å². The number of piperidine rings is 1. The van der Waals surface area contributed by atoms with Crippen molar-refractivity contribution in [2.75, 3.05) is 30.4 Å². The van der Waals surface area contributed by atoms with Crippen LogP contribution in [0.15, 0.2) is 0 Å². The number of nitrogens with one attached hydrogen (secondary N) is 1. The van der Waals surface area contributed by atoms with Gasteiger partial charge in [0.15, 0.2) is 0 Å². The molecule has 1 saturated heterocycles. The molecule has 0 aromatic carbocycles. The molecule has 1 aromatic heterocycles. The first-order valence-electron chi connectivity index (χ1n) is 4.66. The average molecular weight is 198 g/mol. The summed E-state index contributed by atoms with van der Waals surface area (Å²) in [4.78, 5) is 6.64. The molecule has 0 bridgehead atoms. The summed E-state index contributed by atoms with van der Waals surface area (Å²) in [5, 5.41) is 3.91. The van der Waals surface area contributed by atoms with Gasteiger partial charge in [-0.1, -0.05) is 0 Å². The summed E-state index contributed by atoms with van der Waals surface area (Å²) >= 11 is 1.43. The lowest BCUT2D eigenvalue weighted by molar-refractivity contribution is 0.570. The van der Waals surface area contributed by atoms with E-state index in [1.54, 1.807) is 0 Å². The van der Waals surface area contributed by atoms with Gasteiger partial charge in [0.2, 0.25) is 11.1 Å². The molecule has 5 heteroatoms. The Morgan fingerprint density at radius 2 is 2.08 bits per heavy atom. The Labute approximate surface area is 82.1 Å². The zero-order chi connectivity index (χ0) is 9.10. The van der Waals surface area contributed by atoms with E-state index in [2.05, 4.69) is 19.6 Å². The Hall–Kier alpha value is -0.840. The van der Waals surface area contributed by atoms with Gasteiger partial charge >= 0.3 is 0 Å². The van der Waals surface area contributed by atoms with Crippen molar-refractivity contribution in [2.24, 2.45) is 0 Å². The summed E-state index contributed by atoms with van der Waals surface area (Å²) in [6.07, 6.45) is 3.89. The van der Waals surface area contributed by atoms with E-state index in [1.165, 1.54) is 30.8 Å². The first-order chi connectivity index (χ1) is 6.40. The van der Waals surface area contributed by atoms with Crippen molar-refractivity contribution < 1.29 is 0 Å². The maximum absolute atomic E-state index is 4.37. The predicted octanol–water partition coefficient (Wildman–Crippen LogP) is 1.57. The van der Waals surface area contributed by atoms with Crippen LogP contribution in [0, 0.1) is 0 Å². The Balaban J connectivity index is 2.05. The summed E-state index contributed by atoms with van der Waals surface area (Å²) in [5.41, 5.74) is 0. The van der Waals surface area contributed by atoms with Gasteiger partial charge in [-0.3, -0.25) is 0 Å². The fourth-order valence-electron chi connectivity index (χ4n) is 1.54. The van der Waals surface area contributed by atoms with Gasteiger partial charge in [-0.2, -0.15) is 9.36 Å². The van der Waals surface area contributed by atoms with Crippen LogP contribution in [0.4, 0.5) is 11.1 Å². The van der Waals surface area contributed by atoms with Crippen LogP contribution in [0.2, 0.25) is 0 Å². The van der Waals surface area contributed by atoms with E-state index in [0.717, 1.165) is 24.2 Å². The quantitative estimate of drug-likeness (QED) is 0.783. The molecule has 0 spiro atoms. The molecule has 1 aromatic rings. The van der Waals surface area contributed by atoms with E-state index in [-0.39, 0.29) is 0 Å². The molecule has 0 aliphatic carbocycles. The second-order valence-corrected chi connectivity index (χ2v) is 3.95. The lowest BCUT2D eigenvalue weighted by Crippen LogP contribution is -2.30. The summed E-state index contributed by atoms with van der Waals surface area (Å²) in [7, 11) is 1.88. The summed E-state index contributed by atoms with van der Waals surface area (Å²) in [6, 6.07) is 0. The molecule has 0 atom stereocenters. The number of hydrogen-bond acceptors (Lipinski definition) is 5. The third-order valence-corrected chi connectivity index (χ3v) is 2.99. The van der Waals surface area contributed by atoms with E-state index >= 15 is 0 Å². The normalized spacial score (nSPS) is 17.5. The van der Waals surface area contributed by atoms with Crippen molar-refractivity contribution in [1.82, 2.24) is 9.36 Å². The highest BCUT2D eigenvalue weighted by molar-refractivity contribution is 7.09. The Bertz CT molecular complexity index is 267. The highest BCUT2D eigenvalue weighted by atomic mass is 32.1. The van der Waals surface area contributed by atoms with Crippen LogP contribution in [0.5, 0.6) is 0 Å². The molecular weight excluding hydrogens is 184 g/mol. The van der Waals surface area contributed by atoms with Gasteiger partial charge in [0.05, 0.1) is 0 Å². The SMILES string of the molecule is CNc1nc(N2CCCCC2)ns1. The zero-order valence-corrected chi connectivity index (χ0v) is 8.60. The molecule has 1 aliphatic heterocycles. The molecule has 2 heterocycles. The zero-order valence-electron chi connectivity index (χ0n) is 7.79. The van der Waals surface area contributed by atoms with Gasteiger partial charge < -0.3 is 10.2 Å². The van der Waals surface area contributed by atoms with Gasteiger partial charge in [0, 0.05) is 31.7 Å². The number of nitrogens with zero attached hydrogens (tertiary/aromatic N) is 3. The van der Waals surface area contributed by atoms with Gasteiger partial charge in [0.25, 0.3) is 0 Å². The maximum Gasteiger partial charge on any atom is 0.239 e. The molecule has 0 unspecified atom stereocenters. The minimum atomic E-state index is 0.897. The lowest BCUT2D eigenvalue weighted by atomic mass is 10.1. The highest BCUT2D eigenvalue weighted by Gasteiger charge is 2.14. The van der Waals surface area contributed by atoms with Gasteiger partial charge in [-0.25, -0.2) is 0 Å². The predicted molar refractivity (Wildman–Crippen MR) is 55.5 cm³/mol. The minimum Gasteiger partial charge on any atom is -0.363 e.